The highest BCUT2D eigenvalue weighted by molar-refractivity contribution is 6.39. The van der Waals surface area contributed by atoms with E-state index in [1.807, 2.05) is 7.05 Å². The Morgan fingerprint density at radius 2 is 1.88 bits per heavy atom. The van der Waals surface area contributed by atoms with E-state index in [2.05, 4.69) is 4.99 Å². The molecule has 26 heavy (non-hydrogen) atoms. The maximum atomic E-state index is 11.7. The van der Waals surface area contributed by atoms with E-state index in [0.717, 1.165) is 4.73 Å². The van der Waals surface area contributed by atoms with Crippen LogP contribution in [-0.4, -0.2) is 31.2 Å². The summed E-state index contributed by atoms with van der Waals surface area (Å²) in [5.74, 6) is 0.596. The van der Waals surface area contributed by atoms with Gasteiger partial charge < -0.3 is 10.1 Å². The van der Waals surface area contributed by atoms with Crippen LogP contribution in [0.2, 0.25) is 10.0 Å². The number of guanidine groups is 1. The molecule has 0 fully saturated rings. The number of anilines is 1. The third kappa shape index (κ3) is 4.84. The SMILES string of the molecule is CN(C1=NCCN1OCc1cccc[n+]1[O-])c1c(Cl)cccc1Cl.Cl.Cl. The van der Waals surface area contributed by atoms with E-state index < -0.39 is 0 Å². The van der Waals surface area contributed by atoms with Gasteiger partial charge in [0.25, 0.3) is 0 Å². The monoisotopic (exact) mass is 438 g/mol. The number of pyridine rings is 1. The molecule has 0 saturated carbocycles. The Hall–Kier alpha value is -1.44. The minimum Gasteiger partial charge on any atom is -0.618 e. The topological polar surface area (TPSA) is 55.0 Å². The molecule has 10 heteroatoms. The fourth-order valence-corrected chi connectivity index (χ4v) is 3.10. The van der Waals surface area contributed by atoms with Crippen molar-refractivity contribution < 1.29 is 9.57 Å². The van der Waals surface area contributed by atoms with Crippen LogP contribution in [-0.2, 0) is 11.4 Å². The van der Waals surface area contributed by atoms with Crippen LogP contribution in [0.5, 0.6) is 0 Å². The number of benzene rings is 1. The van der Waals surface area contributed by atoms with Crippen molar-refractivity contribution in [2.75, 3.05) is 25.0 Å². The summed E-state index contributed by atoms with van der Waals surface area (Å²) in [5, 5.41) is 14.4. The highest BCUT2D eigenvalue weighted by atomic mass is 35.5. The zero-order valence-electron chi connectivity index (χ0n) is 13.8. The van der Waals surface area contributed by atoms with Gasteiger partial charge in [-0.15, -0.1) is 24.8 Å². The lowest BCUT2D eigenvalue weighted by Gasteiger charge is -2.27. The van der Waals surface area contributed by atoms with Crippen LogP contribution >= 0.6 is 48.0 Å². The Bertz CT molecular complexity index is 755. The molecule has 1 aromatic heterocycles. The first-order valence-corrected chi connectivity index (χ1v) is 8.13. The minimum absolute atomic E-state index is 0. The molecular weight excluding hydrogens is 422 g/mol. The summed E-state index contributed by atoms with van der Waals surface area (Å²) in [6.07, 6.45) is 1.44. The van der Waals surface area contributed by atoms with Crippen molar-refractivity contribution in [3.05, 3.63) is 63.5 Å². The minimum atomic E-state index is 0. The number of nitrogens with zero attached hydrogens (tertiary/aromatic N) is 4. The van der Waals surface area contributed by atoms with Crippen LogP contribution in [0.1, 0.15) is 5.69 Å². The lowest BCUT2D eigenvalue weighted by Crippen LogP contribution is -2.41. The molecule has 2 aromatic rings. The van der Waals surface area contributed by atoms with Crippen molar-refractivity contribution >= 4 is 59.7 Å². The third-order valence-corrected chi connectivity index (χ3v) is 4.23. The molecule has 0 spiro atoms. The summed E-state index contributed by atoms with van der Waals surface area (Å²) in [7, 11) is 1.82. The van der Waals surface area contributed by atoms with Gasteiger partial charge in [0.05, 0.1) is 28.8 Å². The Morgan fingerprint density at radius 3 is 2.54 bits per heavy atom. The lowest BCUT2D eigenvalue weighted by atomic mass is 10.3. The highest BCUT2D eigenvalue weighted by Crippen LogP contribution is 2.33. The summed E-state index contributed by atoms with van der Waals surface area (Å²) < 4.78 is 0.779. The van der Waals surface area contributed by atoms with Gasteiger partial charge in [0, 0.05) is 19.2 Å². The molecule has 142 valence electrons. The predicted molar refractivity (Wildman–Crippen MR) is 109 cm³/mol. The molecule has 1 aliphatic rings. The molecule has 0 bridgehead atoms. The highest BCUT2D eigenvalue weighted by Gasteiger charge is 2.26. The first kappa shape index (κ1) is 22.6. The van der Waals surface area contributed by atoms with Crippen molar-refractivity contribution in [2.45, 2.75) is 6.61 Å². The number of aliphatic imine (C=N–C) groups is 1. The van der Waals surface area contributed by atoms with E-state index in [0.29, 0.717) is 40.5 Å². The second-order valence-electron chi connectivity index (χ2n) is 5.20. The van der Waals surface area contributed by atoms with Gasteiger partial charge in [-0.1, -0.05) is 29.3 Å². The predicted octanol–water partition coefficient (Wildman–Crippen LogP) is 3.71. The summed E-state index contributed by atoms with van der Waals surface area (Å²) in [6, 6.07) is 10.5. The molecule has 2 heterocycles. The molecule has 0 N–H and O–H groups in total. The number of hydrogen-bond donors (Lipinski definition) is 0. The number of hydroxylamine groups is 2. The van der Waals surface area contributed by atoms with Gasteiger partial charge in [0.15, 0.2) is 12.8 Å². The standard InChI is InChI=1S/C16H16Cl2N4O2.2ClH/c1-20(15-13(17)6-4-7-14(15)18)16-19-8-10-22(16)24-11-12-5-2-3-9-21(12)23;;/h2-7,9H,8,10-11H2,1H3;2*1H. The van der Waals surface area contributed by atoms with Crippen LogP contribution in [0.3, 0.4) is 0 Å². The maximum Gasteiger partial charge on any atom is 0.225 e. The van der Waals surface area contributed by atoms with Gasteiger partial charge in [-0.25, -0.2) is 10.1 Å². The van der Waals surface area contributed by atoms with Gasteiger partial charge in [-0.05, 0) is 18.2 Å². The fourth-order valence-electron chi connectivity index (χ4n) is 2.44. The largest absolute Gasteiger partial charge is 0.618 e. The molecule has 6 nitrogen and oxygen atoms in total. The smallest absolute Gasteiger partial charge is 0.225 e. The number of rotatable bonds is 4. The molecule has 0 aliphatic carbocycles. The van der Waals surface area contributed by atoms with E-state index in [4.69, 9.17) is 28.0 Å². The Labute approximate surface area is 174 Å². The van der Waals surface area contributed by atoms with E-state index in [1.54, 1.807) is 46.4 Å². The molecule has 0 amide bonds. The van der Waals surface area contributed by atoms with Gasteiger partial charge in [0.2, 0.25) is 11.7 Å². The maximum absolute atomic E-state index is 11.7. The number of para-hydroxylation sites is 1. The molecule has 1 aliphatic heterocycles. The lowest BCUT2D eigenvalue weighted by molar-refractivity contribution is -0.617. The molecule has 0 unspecified atom stereocenters. The number of halogens is 4. The first-order chi connectivity index (χ1) is 11.6. The van der Waals surface area contributed by atoms with E-state index in [-0.39, 0.29) is 31.4 Å². The zero-order valence-corrected chi connectivity index (χ0v) is 17.0. The quantitative estimate of drug-likeness (QED) is 0.538. The zero-order chi connectivity index (χ0) is 17.1. The summed E-state index contributed by atoms with van der Waals surface area (Å²) >= 11 is 12.5. The van der Waals surface area contributed by atoms with Crippen LogP contribution in [0, 0.1) is 5.21 Å². The number of aromatic nitrogens is 1. The molecule has 3 rings (SSSR count). The van der Waals surface area contributed by atoms with Crippen LogP contribution in [0.25, 0.3) is 0 Å². The Balaban J connectivity index is 0.00000169. The van der Waals surface area contributed by atoms with Gasteiger partial charge in [-0.3, -0.25) is 4.84 Å². The fraction of sp³-hybridized carbons (Fsp3) is 0.250. The summed E-state index contributed by atoms with van der Waals surface area (Å²) in [5.41, 5.74) is 1.18. The van der Waals surface area contributed by atoms with Crippen molar-refractivity contribution in [2.24, 2.45) is 4.99 Å². The van der Waals surface area contributed by atoms with Crippen molar-refractivity contribution in [3.63, 3.8) is 0 Å². The average molecular weight is 440 g/mol. The van der Waals surface area contributed by atoms with Crippen LogP contribution in [0.15, 0.2) is 47.6 Å². The van der Waals surface area contributed by atoms with Crippen molar-refractivity contribution in [1.82, 2.24) is 5.06 Å². The van der Waals surface area contributed by atoms with Gasteiger partial charge in [-0.2, -0.15) is 4.73 Å². The molecule has 0 atom stereocenters. The normalized spacial score (nSPS) is 12.9. The molecule has 0 saturated heterocycles. The third-order valence-electron chi connectivity index (χ3n) is 3.62. The summed E-state index contributed by atoms with van der Waals surface area (Å²) in [6.45, 7) is 1.33. The second-order valence-corrected chi connectivity index (χ2v) is 6.02. The van der Waals surface area contributed by atoms with E-state index in [9.17, 15) is 5.21 Å². The number of hydrogen-bond acceptors (Lipinski definition) is 5. The van der Waals surface area contributed by atoms with Crippen molar-refractivity contribution in [1.29, 1.82) is 0 Å². The van der Waals surface area contributed by atoms with Crippen LogP contribution in [0.4, 0.5) is 5.69 Å². The van der Waals surface area contributed by atoms with Gasteiger partial charge >= 0.3 is 0 Å². The molecule has 0 radical (unpaired) electrons. The van der Waals surface area contributed by atoms with Crippen molar-refractivity contribution in [3.8, 4) is 0 Å². The van der Waals surface area contributed by atoms with Gasteiger partial charge in [0.1, 0.15) is 0 Å². The molecular formula is C16H18Cl4N4O2. The molecule has 1 aromatic carbocycles. The van der Waals surface area contributed by atoms with Crippen LogP contribution < -0.4 is 9.63 Å². The Morgan fingerprint density at radius 1 is 1.19 bits per heavy atom. The Kier molecular flexibility index (Phi) is 8.73. The average Bonchev–Trinajstić information content (AvgIpc) is 3.02. The van der Waals surface area contributed by atoms with E-state index >= 15 is 0 Å². The second kappa shape index (κ2) is 10.0. The summed E-state index contributed by atoms with van der Waals surface area (Å²) in [4.78, 5) is 12.0. The first-order valence-electron chi connectivity index (χ1n) is 7.37. The van der Waals surface area contributed by atoms with E-state index in [1.165, 1.54) is 6.20 Å².